The third kappa shape index (κ3) is 3.14. The molecule has 0 amide bonds. The van der Waals surface area contributed by atoms with E-state index in [1.54, 1.807) is 0 Å². The van der Waals surface area contributed by atoms with Gasteiger partial charge in [0.25, 0.3) is 0 Å². The van der Waals surface area contributed by atoms with Crippen molar-refractivity contribution in [3.8, 4) is 0 Å². The lowest BCUT2D eigenvalue weighted by Crippen LogP contribution is -2.23. The number of carboxylic acid groups (broad SMARTS) is 2. The fourth-order valence-electron chi connectivity index (χ4n) is 0.611. The average Bonchev–Trinajstić information content (AvgIpc) is 1.79. The van der Waals surface area contributed by atoms with Crippen LogP contribution in [0.2, 0.25) is 0 Å². The van der Waals surface area contributed by atoms with Crippen molar-refractivity contribution in [3.05, 3.63) is 11.6 Å². The summed E-state index contributed by atoms with van der Waals surface area (Å²) in [6.45, 7) is 1.96. The lowest BCUT2D eigenvalue weighted by molar-refractivity contribution is -0.136. The van der Waals surface area contributed by atoms with Crippen LogP contribution in [-0.4, -0.2) is 27.8 Å². The number of hydrogen-bond donors (Lipinski definition) is 2. The minimum absolute atomic E-state index is 0.350. The SMILES string of the molecule is CC(C)(F)C(=CC(=O)O)C(=O)O. The van der Waals surface area contributed by atoms with E-state index >= 15 is 0 Å². The Kier molecular flexibility index (Phi) is 2.95. The summed E-state index contributed by atoms with van der Waals surface area (Å²) in [7, 11) is 0. The van der Waals surface area contributed by atoms with Crippen molar-refractivity contribution in [3.63, 3.8) is 0 Å². The molecule has 4 nitrogen and oxygen atoms in total. The molecular formula is C7H9FO4. The van der Waals surface area contributed by atoms with Crippen LogP contribution in [0.15, 0.2) is 11.6 Å². The summed E-state index contributed by atoms with van der Waals surface area (Å²) in [5.41, 5.74) is -2.92. The predicted molar refractivity (Wildman–Crippen MR) is 38.5 cm³/mol. The largest absolute Gasteiger partial charge is 0.478 e. The molecule has 0 spiro atoms. The molecule has 0 aromatic rings. The number of halogens is 1. The van der Waals surface area contributed by atoms with Crippen LogP contribution < -0.4 is 0 Å². The average molecular weight is 176 g/mol. The van der Waals surface area contributed by atoms with Crippen LogP contribution in [0.4, 0.5) is 4.39 Å². The van der Waals surface area contributed by atoms with Gasteiger partial charge in [0.1, 0.15) is 5.67 Å². The second-order valence-corrected chi connectivity index (χ2v) is 2.67. The van der Waals surface area contributed by atoms with Gasteiger partial charge in [-0.25, -0.2) is 14.0 Å². The Morgan fingerprint density at radius 1 is 1.33 bits per heavy atom. The molecule has 0 aliphatic carbocycles. The van der Waals surface area contributed by atoms with E-state index in [1.165, 1.54) is 0 Å². The number of rotatable bonds is 3. The molecule has 12 heavy (non-hydrogen) atoms. The van der Waals surface area contributed by atoms with E-state index in [2.05, 4.69) is 0 Å². The molecule has 2 N–H and O–H groups in total. The molecule has 0 radical (unpaired) electrons. The quantitative estimate of drug-likeness (QED) is 0.624. The van der Waals surface area contributed by atoms with Crippen LogP contribution in [0, 0.1) is 0 Å². The predicted octanol–water partition coefficient (Wildman–Crippen LogP) is 0.830. The molecule has 0 unspecified atom stereocenters. The molecule has 0 atom stereocenters. The van der Waals surface area contributed by atoms with E-state index in [9.17, 15) is 14.0 Å². The van der Waals surface area contributed by atoms with Gasteiger partial charge in [0.05, 0.1) is 5.57 Å². The zero-order chi connectivity index (χ0) is 9.94. The van der Waals surface area contributed by atoms with Gasteiger partial charge in [0, 0.05) is 6.08 Å². The first-order chi connectivity index (χ1) is 5.25. The Hall–Kier alpha value is -1.39. The molecule has 5 heteroatoms. The fourth-order valence-corrected chi connectivity index (χ4v) is 0.611. The second-order valence-electron chi connectivity index (χ2n) is 2.67. The summed E-state index contributed by atoms with van der Waals surface area (Å²) in [4.78, 5) is 20.4. The molecule has 0 fully saturated rings. The third-order valence-corrected chi connectivity index (χ3v) is 1.14. The molecule has 0 aromatic carbocycles. The van der Waals surface area contributed by atoms with Crippen molar-refractivity contribution in [1.82, 2.24) is 0 Å². The van der Waals surface area contributed by atoms with E-state index in [0.717, 1.165) is 13.8 Å². The van der Waals surface area contributed by atoms with E-state index in [4.69, 9.17) is 10.2 Å². The molecule has 0 saturated carbocycles. The molecule has 68 valence electrons. The van der Waals surface area contributed by atoms with Crippen molar-refractivity contribution in [2.75, 3.05) is 0 Å². The highest BCUT2D eigenvalue weighted by molar-refractivity contribution is 5.96. The molecule has 0 heterocycles. The first kappa shape index (κ1) is 10.6. The third-order valence-electron chi connectivity index (χ3n) is 1.14. The number of hydrogen-bond acceptors (Lipinski definition) is 2. The minimum atomic E-state index is -2.15. The minimum Gasteiger partial charge on any atom is -0.478 e. The van der Waals surface area contributed by atoms with Crippen LogP contribution >= 0.6 is 0 Å². The van der Waals surface area contributed by atoms with Gasteiger partial charge in [-0.3, -0.25) is 0 Å². The Morgan fingerprint density at radius 2 is 1.75 bits per heavy atom. The molecule has 0 aliphatic rings. The van der Waals surface area contributed by atoms with E-state index in [0.29, 0.717) is 6.08 Å². The van der Waals surface area contributed by atoms with E-state index in [1.807, 2.05) is 0 Å². The maximum atomic E-state index is 13.0. The second kappa shape index (κ2) is 3.34. The van der Waals surface area contributed by atoms with Crippen molar-refractivity contribution in [2.24, 2.45) is 0 Å². The van der Waals surface area contributed by atoms with Crippen molar-refractivity contribution >= 4 is 11.9 Å². The maximum absolute atomic E-state index is 13.0. The Labute approximate surface area is 68.3 Å². The Bertz CT molecular complexity index is 236. The smallest absolute Gasteiger partial charge is 0.335 e. The normalized spacial score (nSPS) is 12.8. The topological polar surface area (TPSA) is 74.6 Å². The zero-order valence-electron chi connectivity index (χ0n) is 6.67. The van der Waals surface area contributed by atoms with Gasteiger partial charge < -0.3 is 10.2 Å². The van der Waals surface area contributed by atoms with Crippen LogP contribution in [0.3, 0.4) is 0 Å². The van der Waals surface area contributed by atoms with Crippen molar-refractivity contribution in [2.45, 2.75) is 19.5 Å². The van der Waals surface area contributed by atoms with Crippen molar-refractivity contribution in [1.29, 1.82) is 0 Å². The first-order valence-corrected chi connectivity index (χ1v) is 3.12. The van der Waals surface area contributed by atoms with Gasteiger partial charge in [-0.2, -0.15) is 0 Å². The molecule has 0 rings (SSSR count). The van der Waals surface area contributed by atoms with Gasteiger partial charge in [0.15, 0.2) is 0 Å². The van der Waals surface area contributed by atoms with Gasteiger partial charge in [-0.05, 0) is 13.8 Å². The summed E-state index contributed by atoms with van der Waals surface area (Å²) in [5, 5.41) is 16.6. The van der Waals surface area contributed by atoms with Gasteiger partial charge in [-0.1, -0.05) is 0 Å². The van der Waals surface area contributed by atoms with Crippen LogP contribution in [0.5, 0.6) is 0 Å². The molecule has 0 saturated heterocycles. The molecule has 0 bridgehead atoms. The molecular weight excluding hydrogens is 167 g/mol. The molecule has 0 aromatic heterocycles. The first-order valence-electron chi connectivity index (χ1n) is 3.12. The van der Waals surface area contributed by atoms with Gasteiger partial charge in [0.2, 0.25) is 0 Å². The van der Waals surface area contributed by atoms with Gasteiger partial charge in [-0.15, -0.1) is 0 Å². The summed E-state index contributed by atoms with van der Waals surface area (Å²) >= 11 is 0. The number of aliphatic carboxylic acids is 2. The van der Waals surface area contributed by atoms with E-state index < -0.39 is 23.2 Å². The van der Waals surface area contributed by atoms with Gasteiger partial charge >= 0.3 is 11.9 Å². The Morgan fingerprint density at radius 3 is 1.83 bits per heavy atom. The zero-order valence-corrected chi connectivity index (χ0v) is 6.67. The summed E-state index contributed by atoms with van der Waals surface area (Å²) in [5.74, 6) is -3.04. The van der Waals surface area contributed by atoms with Crippen LogP contribution in [0.1, 0.15) is 13.8 Å². The Balaban J connectivity index is 4.94. The van der Waals surface area contributed by atoms with Crippen molar-refractivity contribution < 1.29 is 24.2 Å². The lowest BCUT2D eigenvalue weighted by atomic mass is 10.00. The lowest BCUT2D eigenvalue weighted by Gasteiger charge is -2.13. The highest BCUT2D eigenvalue weighted by Gasteiger charge is 2.28. The standard InChI is InChI=1S/C7H9FO4/c1-7(2,8)4(6(11)12)3-5(9)10/h3H,1-2H3,(H,9,10)(H,11,12). The van der Waals surface area contributed by atoms with Crippen LogP contribution in [0.25, 0.3) is 0 Å². The summed E-state index contributed by atoms with van der Waals surface area (Å²) in [6.07, 6.45) is 0.350. The highest BCUT2D eigenvalue weighted by atomic mass is 19.1. The molecule has 0 aliphatic heterocycles. The monoisotopic (exact) mass is 176 g/mol. The summed E-state index contributed by atoms with van der Waals surface area (Å²) < 4.78 is 13.0. The number of carboxylic acids is 2. The summed E-state index contributed by atoms with van der Waals surface area (Å²) in [6, 6.07) is 0. The fraction of sp³-hybridized carbons (Fsp3) is 0.429. The van der Waals surface area contributed by atoms with E-state index in [-0.39, 0.29) is 0 Å². The number of alkyl halides is 1. The van der Waals surface area contributed by atoms with Crippen LogP contribution in [-0.2, 0) is 9.59 Å². The number of carbonyl (C=O) groups is 2. The maximum Gasteiger partial charge on any atom is 0.335 e. The highest BCUT2D eigenvalue weighted by Crippen LogP contribution is 2.20.